The van der Waals surface area contributed by atoms with Crippen LogP contribution in [0.5, 0.6) is 0 Å². The Labute approximate surface area is 68.1 Å². The maximum atomic E-state index is 12.4. The molecule has 2 heterocycles. The van der Waals surface area contributed by atoms with Gasteiger partial charge in [-0.1, -0.05) is 0 Å². The fraction of sp³-hybridized carbons (Fsp3) is 0.429. The lowest BCUT2D eigenvalue weighted by Gasteiger charge is -2.39. The number of rotatable bonds is 1. The van der Waals surface area contributed by atoms with Crippen molar-refractivity contribution in [2.75, 3.05) is 18.0 Å². The molecule has 3 nitrogen and oxygen atoms in total. The number of alkyl halides is 2. The molecule has 0 aromatic carbocycles. The molecule has 1 radical (unpaired) electrons. The Kier molecular flexibility index (Phi) is 1.46. The number of halogens is 2. The van der Waals surface area contributed by atoms with Crippen LogP contribution in [0.25, 0.3) is 0 Å². The predicted molar refractivity (Wildman–Crippen MR) is 38.0 cm³/mol. The quantitative estimate of drug-likeness (QED) is 0.622. The summed E-state index contributed by atoms with van der Waals surface area (Å²) in [5.74, 6) is -2.10. The van der Waals surface area contributed by atoms with E-state index < -0.39 is 5.92 Å². The van der Waals surface area contributed by atoms with E-state index in [9.17, 15) is 8.78 Å². The third-order valence-corrected chi connectivity index (χ3v) is 1.67. The van der Waals surface area contributed by atoms with Crippen molar-refractivity contribution < 1.29 is 8.78 Å². The summed E-state index contributed by atoms with van der Waals surface area (Å²) in [4.78, 5) is 8.96. The van der Waals surface area contributed by atoms with E-state index in [4.69, 9.17) is 0 Å². The van der Waals surface area contributed by atoms with Gasteiger partial charge in [0.2, 0.25) is 0 Å². The molecule has 1 fully saturated rings. The number of hydrogen-bond donors (Lipinski definition) is 0. The molecule has 0 unspecified atom stereocenters. The zero-order valence-electron chi connectivity index (χ0n) is 6.17. The molecule has 1 aliphatic rings. The molecular formula is C7H6F2N3. The Morgan fingerprint density at radius 1 is 1.50 bits per heavy atom. The van der Waals surface area contributed by atoms with E-state index in [0.717, 1.165) is 0 Å². The van der Waals surface area contributed by atoms with Gasteiger partial charge in [-0.25, -0.2) is 13.8 Å². The second-order valence-electron chi connectivity index (χ2n) is 2.72. The second kappa shape index (κ2) is 2.36. The van der Waals surface area contributed by atoms with Crippen LogP contribution in [-0.4, -0.2) is 29.0 Å². The van der Waals surface area contributed by atoms with Gasteiger partial charge in [-0.05, 0) is 0 Å². The largest absolute Gasteiger partial charge is 0.343 e. The lowest BCUT2D eigenvalue weighted by atomic mass is 10.1. The van der Waals surface area contributed by atoms with Crippen LogP contribution in [-0.2, 0) is 0 Å². The third kappa shape index (κ3) is 1.22. The van der Waals surface area contributed by atoms with Crippen molar-refractivity contribution >= 4 is 5.82 Å². The first-order valence-corrected chi connectivity index (χ1v) is 3.48. The lowest BCUT2D eigenvalue weighted by Crippen LogP contribution is -2.56. The highest BCUT2D eigenvalue weighted by atomic mass is 19.3. The summed E-state index contributed by atoms with van der Waals surface area (Å²) >= 11 is 0. The first kappa shape index (κ1) is 7.39. The Morgan fingerprint density at radius 3 is 2.75 bits per heavy atom. The van der Waals surface area contributed by atoms with E-state index in [0.29, 0.717) is 5.82 Å². The third-order valence-electron chi connectivity index (χ3n) is 1.67. The van der Waals surface area contributed by atoms with Crippen molar-refractivity contribution in [3.05, 3.63) is 18.6 Å². The number of nitrogens with zero attached hydrogens (tertiary/aromatic N) is 3. The Balaban J connectivity index is 2.06. The Bertz CT molecular complexity index is 267. The average Bonchev–Trinajstić information content (AvgIpc) is 2.02. The first-order valence-electron chi connectivity index (χ1n) is 3.48. The van der Waals surface area contributed by atoms with Gasteiger partial charge in [-0.15, -0.1) is 0 Å². The number of anilines is 1. The Morgan fingerprint density at radius 2 is 2.25 bits per heavy atom. The highest BCUT2D eigenvalue weighted by Crippen LogP contribution is 2.29. The van der Waals surface area contributed by atoms with E-state index in [-0.39, 0.29) is 13.1 Å². The molecule has 12 heavy (non-hydrogen) atoms. The number of aromatic nitrogens is 2. The van der Waals surface area contributed by atoms with E-state index in [2.05, 4.69) is 16.2 Å². The maximum Gasteiger partial charge on any atom is 0.282 e. The highest BCUT2D eigenvalue weighted by molar-refractivity contribution is 5.40. The summed E-state index contributed by atoms with van der Waals surface area (Å²) in [5.41, 5.74) is 0. The highest BCUT2D eigenvalue weighted by Gasteiger charge is 2.44. The standard InChI is InChI=1S/C7H6F2N3/c8-7(9)4-12(5-7)6-3-10-1-2-11-6/h1,3H,4-5H2. The molecule has 5 heteroatoms. The van der Waals surface area contributed by atoms with Crippen LogP contribution in [0.2, 0.25) is 0 Å². The van der Waals surface area contributed by atoms with Crippen molar-refractivity contribution in [3.63, 3.8) is 0 Å². The van der Waals surface area contributed by atoms with Crippen LogP contribution in [0.15, 0.2) is 12.4 Å². The minimum absolute atomic E-state index is 0.264. The minimum Gasteiger partial charge on any atom is -0.343 e. The van der Waals surface area contributed by atoms with Gasteiger partial charge >= 0.3 is 0 Å². The van der Waals surface area contributed by atoms with Gasteiger partial charge in [-0.2, -0.15) is 0 Å². The lowest BCUT2D eigenvalue weighted by molar-refractivity contribution is -0.0267. The summed E-state index contributed by atoms with van der Waals surface area (Å²) in [6, 6.07) is 0. The summed E-state index contributed by atoms with van der Waals surface area (Å²) in [6.07, 6.45) is 5.33. The molecule has 0 spiro atoms. The minimum atomic E-state index is -2.56. The molecule has 2 rings (SSSR count). The summed E-state index contributed by atoms with van der Waals surface area (Å²) < 4.78 is 24.7. The van der Waals surface area contributed by atoms with E-state index in [1.54, 1.807) is 0 Å². The summed E-state index contributed by atoms with van der Waals surface area (Å²) in [7, 11) is 0. The van der Waals surface area contributed by atoms with Gasteiger partial charge < -0.3 is 4.90 Å². The van der Waals surface area contributed by atoms with Crippen molar-refractivity contribution in [2.24, 2.45) is 0 Å². The molecule has 1 aromatic rings. The molecule has 63 valence electrons. The van der Waals surface area contributed by atoms with Crippen molar-refractivity contribution in [1.29, 1.82) is 0 Å². The van der Waals surface area contributed by atoms with Crippen molar-refractivity contribution in [2.45, 2.75) is 5.92 Å². The average molecular weight is 170 g/mol. The molecular weight excluding hydrogens is 164 g/mol. The fourth-order valence-electron chi connectivity index (χ4n) is 1.09. The van der Waals surface area contributed by atoms with E-state index in [1.807, 2.05) is 0 Å². The van der Waals surface area contributed by atoms with Crippen LogP contribution in [0, 0.1) is 6.20 Å². The van der Waals surface area contributed by atoms with Crippen LogP contribution in [0.1, 0.15) is 0 Å². The number of hydrogen-bond acceptors (Lipinski definition) is 3. The molecule has 0 saturated carbocycles. The van der Waals surface area contributed by atoms with Crippen molar-refractivity contribution in [3.8, 4) is 0 Å². The maximum absolute atomic E-state index is 12.4. The second-order valence-corrected chi connectivity index (χ2v) is 2.72. The van der Waals surface area contributed by atoms with E-state index in [1.165, 1.54) is 17.3 Å². The van der Waals surface area contributed by atoms with Crippen LogP contribution < -0.4 is 4.90 Å². The monoisotopic (exact) mass is 170 g/mol. The van der Waals surface area contributed by atoms with Gasteiger partial charge in [0.1, 0.15) is 12.0 Å². The van der Waals surface area contributed by atoms with Gasteiger partial charge in [0, 0.05) is 0 Å². The first-order chi connectivity index (χ1) is 5.67. The predicted octanol–water partition coefficient (Wildman–Crippen LogP) is 0.732. The molecule has 0 amide bonds. The normalized spacial score (nSPS) is 20.3. The van der Waals surface area contributed by atoms with E-state index >= 15 is 0 Å². The molecule has 0 bridgehead atoms. The zero-order chi connectivity index (χ0) is 8.60. The summed E-state index contributed by atoms with van der Waals surface area (Å²) in [6.45, 7) is -0.529. The molecule has 1 aliphatic heterocycles. The summed E-state index contributed by atoms with van der Waals surface area (Å²) in [5, 5.41) is 0. The van der Waals surface area contributed by atoms with Gasteiger partial charge in [0.25, 0.3) is 5.92 Å². The molecule has 1 saturated heterocycles. The molecule has 0 N–H and O–H groups in total. The smallest absolute Gasteiger partial charge is 0.282 e. The molecule has 1 aromatic heterocycles. The Hall–Kier alpha value is -1.26. The molecule has 0 atom stereocenters. The SMILES string of the molecule is FC1(F)CN(c2cnc[c]n2)C1. The topological polar surface area (TPSA) is 29.0 Å². The van der Waals surface area contributed by atoms with Gasteiger partial charge in [0.05, 0.1) is 25.5 Å². The van der Waals surface area contributed by atoms with Crippen LogP contribution in [0.4, 0.5) is 14.6 Å². The van der Waals surface area contributed by atoms with Gasteiger partial charge in [0.15, 0.2) is 0 Å². The van der Waals surface area contributed by atoms with Crippen LogP contribution in [0.3, 0.4) is 0 Å². The van der Waals surface area contributed by atoms with Gasteiger partial charge in [-0.3, -0.25) is 4.98 Å². The molecule has 0 aliphatic carbocycles. The fourth-order valence-corrected chi connectivity index (χ4v) is 1.09. The van der Waals surface area contributed by atoms with Crippen LogP contribution >= 0.6 is 0 Å². The zero-order valence-corrected chi connectivity index (χ0v) is 6.17. The van der Waals surface area contributed by atoms with Crippen molar-refractivity contribution in [1.82, 2.24) is 9.97 Å².